The lowest BCUT2D eigenvalue weighted by atomic mass is 10.0. The molecule has 0 radical (unpaired) electrons. The largest absolute Gasteiger partial charge is 0.465 e. The minimum absolute atomic E-state index is 0.136. The van der Waals surface area contributed by atoms with E-state index in [2.05, 4.69) is 20.7 Å². The maximum Gasteiger partial charge on any atom is 0.338 e. The Bertz CT molecular complexity index is 404. The maximum atomic E-state index is 11.5. The van der Waals surface area contributed by atoms with Crippen molar-refractivity contribution in [2.24, 2.45) is 0 Å². The summed E-state index contributed by atoms with van der Waals surface area (Å²) in [6, 6.07) is 4.47. The molecule has 0 aliphatic carbocycles. The number of carbonyl (C=O) groups excluding carboxylic acids is 2. The number of carbonyl (C=O) groups is 2. The van der Waals surface area contributed by atoms with E-state index in [1.54, 1.807) is 6.07 Å². The molecule has 0 heterocycles. The summed E-state index contributed by atoms with van der Waals surface area (Å²) < 4.78 is 4.56. The van der Waals surface area contributed by atoms with Gasteiger partial charge in [-0.15, -0.1) is 0 Å². The van der Waals surface area contributed by atoms with Crippen LogP contribution in [0.15, 0.2) is 18.2 Å². The summed E-state index contributed by atoms with van der Waals surface area (Å²) in [7, 11) is 1.26. The van der Waals surface area contributed by atoms with E-state index in [1.165, 1.54) is 19.2 Å². The van der Waals surface area contributed by atoms with Crippen molar-refractivity contribution in [1.82, 2.24) is 0 Å². The summed E-state index contributed by atoms with van der Waals surface area (Å²) in [6.45, 7) is 0. The lowest BCUT2D eigenvalue weighted by Crippen LogP contribution is -2.11. The van der Waals surface area contributed by atoms with E-state index < -0.39 is 5.97 Å². The van der Waals surface area contributed by atoms with Gasteiger partial charge in [-0.2, -0.15) is 0 Å². The first-order chi connectivity index (χ1) is 7.10. The standard InChI is InChI=1S/C10H8BrClO3/c1-15-10(14)7-3-2-6(12)4-8(7)9(13)5-11/h2-4H,5H2,1H3. The van der Waals surface area contributed by atoms with E-state index >= 15 is 0 Å². The fourth-order valence-electron chi connectivity index (χ4n) is 1.11. The molecule has 0 unspecified atom stereocenters. The van der Waals surface area contributed by atoms with Crippen LogP contribution in [0.4, 0.5) is 0 Å². The molecule has 0 fully saturated rings. The molecule has 0 aliphatic rings. The van der Waals surface area contributed by atoms with Gasteiger partial charge in [0.15, 0.2) is 5.78 Å². The van der Waals surface area contributed by atoms with Crippen molar-refractivity contribution >= 4 is 39.3 Å². The number of ether oxygens (including phenoxy) is 1. The molecule has 0 spiro atoms. The molecule has 0 bridgehead atoms. The number of hydrogen-bond donors (Lipinski definition) is 0. The van der Waals surface area contributed by atoms with Crippen molar-refractivity contribution in [1.29, 1.82) is 0 Å². The van der Waals surface area contributed by atoms with Gasteiger partial charge in [-0.25, -0.2) is 4.79 Å². The van der Waals surface area contributed by atoms with E-state index in [0.717, 1.165) is 0 Å². The molecule has 1 aromatic carbocycles. The highest BCUT2D eigenvalue weighted by Gasteiger charge is 2.16. The summed E-state index contributed by atoms with van der Waals surface area (Å²) in [6.07, 6.45) is 0. The van der Waals surface area contributed by atoms with Crippen LogP contribution in [0.3, 0.4) is 0 Å². The van der Waals surface area contributed by atoms with Crippen LogP contribution < -0.4 is 0 Å². The van der Waals surface area contributed by atoms with Crippen LogP contribution in [0, 0.1) is 0 Å². The fraction of sp³-hybridized carbons (Fsp3) is 0.200. The van der Waals surface area contributed by atoms with Crippen LogP contribution in [0.5, 0.6) is 0 Å². The van der Waals surface area contributed by atoms with Crippen molar-refractivity contribution in [2.45, 2.75) is 0 Å². The van der Waals surface area contributed by atoms with Crippen molar-refractivity contribution in [3.8, 4) is 0 Å². The predicted molar refractivity (Wildman–Crippen MR) is 60.9 cm³/mol. The molecular formula is C10H8BrClO3. The molecule has 5 heteroatoms. The van der Waals surface area contributed by atoms with Gasteiger partial charge in [0.1, 0.15) is 0 Å². The van der Waals surface area contributed by atoms with Crippen LogP contribution >= 0.6 is 27.5 Å². The van der Waals surface area contributed by atoms with E-state index in [9.17, 15) is 9.59 Å². The van der Waals surface area contributed by atoms with Crippen molar-refractivity contribution in [2.75, 3.05) is 12.4 Å². The summed E-state index contributed by atoms with van der Waals surface area (Å²) in [5.41, 5.74) is 0.498. The lowest BCUT2D eigenvalue weighted by Gasteiger charge is -2.05. The monoisotopic (exact) mass is 290 g/mol. The second kappa shape index (κ2) is 5.28. The third-order valence-electron chi connectivity index (χ3n) is 1.81. The number of halogens is 2. The topological polar surface area (TPSA) is 43.4 Å². The van der Waals surface area contributed by atoms with Gasteiger partial charge in [-0.3, -0.25) is 4.79 Å². The molecule has 0 atom stereocenters. The van der Waals surface area contributed by atoms with Gasteiger partial charge in [0.2, 0.25) is 0 Å². The van der Waals surface area contributed by atoms with E-state index in [-0.39, 0.29) is 22.2 Å². The third kappa shape index (κ3) is 2.79. The molecular weight excluding hydrogens is 283 g/mol. The lowest BCUT2D eigenvalue weighted by molar-refractivity contribution is 0.0597. The highest BCUT2D eigenvalue weighted by molar-refractivity contribution is 9.09. The van der Waals surface area contributed by atoms with Crippen LogP contribution in [-0.4, -0.2) is 24.2 Å². The van der Waals surface area contributed by atoms with Gasteiger partial charge in [-0.05, 0) is 18.2 Å². The second-order valence-electron chi connectivity index (χ2n) is 2.74. The van der Waals surface area contributed by atoms with Crippen LogP contribution in [-0.2, 0) is 4.74 Å². The summed E-state index contributed by atoms with van der Waals surface area (Å²) >= 11 is 8.78. The van der Waals surface area contributed by atoms with Gasteiger partial charge in [0.25, 0.3) is 0 Å². The fourth-order valence-corrected chi connectivity index (χ4v) is 1.58. The number of Topliss-reactive ketones (excluding diaryl/α,β-unsaturated/α-hetero) is 1. The molecule has 1 aromatic rings. The number of methoxy groups -OCH3 is 1. The average molecular weight is 292 g/mol. The SMILES string of the molecule is COC(=O)c1ccc(Cl)cc1C(=O)CBr. The zero-order valence-corrected chi connectivity index (χ0v) is 10.3. The molecule has 0 amide bonds. The minimum atomic E-state index is -0.545. The normalized spacial score (nSPS) is 9.80. The Hall–Kier alpha value is -0.870. The van der Waals surface area contributed by atoms with Gasteiger partial charge in [0, 0.05) is 10.6 Å². The number of rotatable bonds is 3. The molecule has 0 saturated carbocycles. The quantitative estimate of drug-likeness (QED) is 0.488. The Kier molecular flexibility index (Phi) is 4.29. The Morgan fingerprint density at radius 2 is 2.07 bits per heavy atom. The van der Waals surface area contributed by atoms with Crippen molar-refractivity contribution in [3.63, 3.8) is 0 Å². The minimum Gasteiger partial charge on any atom is -0.465 e. The molecule has 0 aliphatic heterocycles. The van der Waals surface area contributed by atoms with Gasteiger partial charge >= 0.3 is 5.97 Å². The number of esters is 1. The molecule has 0 aromatic heterocycles. The Labute approximate surface area is 100 Å². The van der Waals surface area contributed by atoms with E-state index in [0.29, 0.717) is 5.02 Å². The van der Waals surface area contributed by atoms with Gasteiger partial charge in [-0.1, -0.05) is 27.5 Å². The average Bonchev–Trinajstić information content (AvgIpc) is 2.26. The number of ketones is 1. The van der Waals surface area contributed by atoms with Gasteiger partial charge < -0.3 is 4.74 Å². The second-order valence-corrected chi connectivity index (χ2v) is 3.74. The van der Waals surface area contributed by atoms with Crippen molar-refractivity contribution < 1.29 is 14.3 Å². The first kappa shape index (κ1) is 12.2. The van der Waals surface area contributed by atoms with Crippen molar-refractivity contribution in [3.05, 3.63) is 34.3 Å². The zero-order valence-electron chi connectivity index (χ0n) is 7.92. The number of alkyl halides is 1. The highest BCUT2D eigenvalue weighted by atomic mass is 79.9. The van der Waals surface area contributed by atoms with Crippen LogP contribution in [0.1, 0.15) is 20.7 Å². The molecule has 80 valence electrons. The molecule has 0 saturated heterocycles. The Balaban J connectivity index is 3.26. The zero-order chi connectivity index (χ0) is 11.4. The van der Waals surface area contributed by atoms with Gasteiger partial charge in [0.05, 0.1) is 18.0 Å². The first-order valence-electron chi connectivity index (χ1n) is 4.07. The summed E-state index contributed by atoms with van der Waals surface area (Å²) in [5, 5.41) is 0.545. The Morgan fingerprint density at radius 1 is 1.40 bits per heavy atom. The molecule has 0 N–H and O–H groups in total. The van der Waals surface area contributed by atoms with E-state index in [4.69, 9.17) is 11.6 Å². The smallest absolute Gasteiger partial charge is 0.338 e. The number of benzene rings is 1. The van der Waals surface area contributed by atoms with Crippen LogP contribution in [0.2, 0.25) is 5.02 Å². The number of hydrogen-bond acceptors (Lipinski definition) is 3. The Morgan fingerprint density at radius 3 is 2.60 bits per heavy atom. The first-order valence-corrected chi connectivity index (χ1v) is 5.57. The molecule has 3 nitrogen and oxygen atoms in total. The maximum absolute atomic E-state index is 11.5. The summed E-state index contributed by atoms with van der Waals surface area (Å²) in [4.78, 5) is 22.8. The molecule has 1 rings (SSSR count). The molecule has 15 heavy (non-hydrogen) atoms. The van der Waals surface area contributed by atoms with E-state index in [1.807, 2.05) is 0 Å². The third-order valence-corrected chi connectivity index (χ3v) is 2.55. The highest BCUT2D eigenvalue weighted by Crippen LogP contribution is 2.18. The predicted octanol–water partition coefficient (Wildman–Crippen LogP) is 2.70. The summed E-state index contributed by atoms with van der Waals surface area (Å²) in [5.74, 6) is -0.756. The van der Waals surface area contributed by atoms with Crippen LogP contribution in [0.25, 0.3) is 0 Å².